The second-order valence-electron chi connectivity index (χ2n) is 4.55. The van der Waals surface area contributed by atoms with Crippen molar-refractivity contribution in [1.29, 1.82) is 0 Å². The molecule has 0 aliphatic rings. The first-order valence-electron chi connectivity index (χ1n) is 6.41. The Labute approximate surface area is 114 Å². The van der Waals surface area contributed by atoms with Crippen molar-refractivity contribution in [2.45, 2.75) is 33.2 Å². The number of aryl methyl sites for hydroxylation is 1. The van der Waals surface area contributed by atoms with E-state index in [0.717, 1.165) is 17.8 Å². The van der Waals surface area contributed by atoms with Gasteiger partial charge in [0.25, 0.3) is 0 Å². The normalized spacial score (nSPS) is 12.9. The van der Waals surface area contributed by atoms with Gasteiger partial charge in [-0.2, -0.15) is 0 Å². The van der Waals surface area contributed by atoms with Crippen LogP contribution < -0.4 is 0 Å². The Morgan fingerprint density at radius 3 is 2.72 bits per heavy atom. The highest BCUT2D eigenvalue weighted by Gasteiger charge is 2.17. The molecule has 1 aromatic heterocycles. The standard InChI is InChI=1S/C14H23NO2S/c1-5-11(2)15(8-9-17-4)10-13(16)14-7-6-12(3)18-14/h6-7,11H,5,8-10H2,1-4H3. The van der Waals surface area contributed by atoms with E-state index < -0.39 is 0 Å². The van der Waals surface area contributed by atoms with Gasteiger partial charge in [-0.25, -0.2) is 0 Å². The molecule has 0 aliphatic carbocycles. The largest absolute Gasteiger partial charge is 0.383 e. The van der Waals surface area contributed by atoms with Crippen molar-refractivity contribution in [3.8, 4) is 0 Å². The molecule has 0 amide bonds. The monoisotopic (exact) mass is 269 g/mol. The molecule has 0 fully saturated rings. The van der Waals surface area contributed by atoms with Crippen molar-refractivity contribution in [2.75, 3.05) is 26.8 Å². The molecule has 1 unspecified atom stereocenters. The summed E-state index contributed by atoms with van der Waals surface area (Å²) in [4.78, 5) is 16.4. The second kappa shape index (κ2) is 7.67. The van der Waals surface area contributed by atoms with Gasteiger partial charge < -0.3 is 4.74 Å². The molecule has 0 radical (unpaired) electrons. The maximum Gasteiger partial charge on any atom is 0.186 e. The Hall–Kier alpha value is -0.710. The van der Waals surface area contributed by atoms with Gasteiger partial charge in [-0.3, -0.25) is 9.69 Å². The topological polar surface area (TPSA) is 29.5 Å². The molecule has 1 heterocycles. The summed E-state index contributed by atoms with van der Waals surface area (Å²) < 4.78 is 5.11. The number of hydrogen-bond donors (Lipinski definition) is 0. The Morgan fingerprint density at radius 2 is 2.22 bits per heavy atom. The number of hydrogen-bond acceptors (Lipinski definition) is 4. The fraction of sp³-hybridized carbons (Fsp3) is 0.643. The Balaban J connectivity index is 2.61. The summed E-state index contributed by atoms with van der Waals surface area (Å²) >= 11 is 1.57. The minimum Gasteiger partial charge on any atom is -0.383 e. The molecular formula is C14H23NO2S. The van der Waals surface area contributed by atoms with Crippen LogP contribution in [0.5, 0.6) is 0 Å². The van der Waals surface area contributed by atoms with Crippen LogP contribution in [-0.4, -0.2) is 43.5 Å². The van der Waals surface area contributed by atoms with Gasteiger partial charge in [0.05, 0.1) is 18.0 Å². The quantitative estimate of drug-likeness (QED) is 0.680. The van der Waals surface area contributed by atoms with Crippen LogP contribution in [-0.2, 0) is 4.74 Å². The zero-order valence-corrected chi connectivity index (χ0v) is 12.5. The number of thiophene rings is 1. The molecule has 0 aromatic carbocycles. The van der Waals surface area contributed by atoms with Crippen molar-refractivity contribution < 1.29 is 9.53 Å². The summed E-state index contributed by atoms with van der Waals surface area (Å²) in [6, 6.07) is 4.33. The highest BCUT2D eigenvalue weighted by Crippen LogP contribution is 2.16. The maximum atomic E-state index is 12.2. The fourth-order valence-electron chi connectivity index (χ4n) is 1.77. The SMILES string of the molecule is CCC(C)N(CCOC)CC(=O)c1ccc(C)s1. The molecule has 0 bridgehead atoms. The molecule has 0 saturated heterocycles. The molecule has 1 atom stereocenters. The van der Waals surface area contributed by atoms with Gasteiger partial charge >= 0.3 is 0 Å². The lowest BCUT2D eigenvalue weighted by Gasteiger charge is -2.27. The average molecular weight is 269 g/mol. The lowest BCUT2D eigenvalue weighted by Crippen LogP contribution is -2.39. The number of carbonyl (C=O) groups is 1. The van der Waals surface area contributed by atoms with E-state index in [0.29, 0.717) is 19.2 Å². The lowest BCUT2D eigenvalue weighted by atomic mass is 10.2. The number of methoxy groups -OCH3 is 1. The first kappa shape index (κ1) is 15.3. The Kier molecular flexibility index (Phi) is 6.54. The summed E-state index contributed by atoms with van der Waals surface area (Å²) in [5.41, 5.74) is 0. The molecule has 0 N–H and O–H groups in total. The van der Waals surface area contributed by atoms with E-state index in [1.165, 1.54) is 4.88 Å². The zero-order valence-electron chi connectivity index (χ0n) is 11.7. The first-order chi connectivity index (χ1) is 8.58. The summed E-state index contributed by atoms with van der Waals surface area (Å²) in [6.07, 6.45) is 1.04. The third-order valence-corrected chi connectivity index (χ3v) is 4.20. The van der Waals surface area contributed by atoms with E-state index in [2.05, 4.69) is 18.7 Å². The molecule has 1 aromatic rings. The summed E-state index contributed by atoms with van der Waals surface area (Å²) in [7, 11) is 1.69. The van der Waals surface area contributed by atoms with E-state index in [1.54, 1.807) is 18.4 Å². The van der Waals surface area contributed by atoms with Crippen LogP contribution in [0.2, 0.25) is 0 Å². The van der Waals surface area contributed by atoms with Crippen LogP contribution >= 0.6 is 11.3 Å². The highest BCUT2D eigenvalue weighted by molar-refractivity contribution is 7.14. The zero-order chi connectivity index (χ0) is 13.5. The molecule has 0 aliphatic heterocycles. The Morgan fingerprint density at radius 1 is 1.50 bits per heavy atom. The van der Waals surface area contributed by atoms with Gasteiger partial charge in [0.2, 0.25) is 0 Å². The van der Waals surface area contributed by atoms with Crippen molar-refractivity contribution in [3.63, 3.8) is 0 Å². The van der Waals surface area contributed by atoms with Gasteiger partial charge in [-0.15, -0.1) is 11.3 Å². The van der Waals surface area contributed by atoms with Gasteiger partial charge in [0, 0.05) is 24.6 Å². The molecule has 3 nitrogen and oxygen atoms in total. The first-order valence-corrected chi connectivity index (χ1v) is 7.22. The van der Waals surface area contributed by atoms with Crippen molar-refractivity contribution in [3.05, 3.63) is 21.9 Å². The van der Waals surface area contributed by atoms with Crippen LogP contribution in [0.3, 0.4) is 0 Å². The predicted molar refractivity (Wildman–Crippen MR) is 76.6 cm³/mol. The van der Waals surface area contributed by atoms with Crippen molar-refractivity contribution >= 4 is 17.1 Å². The highest BCUT2D eigenvalue weighted by atomic mass is 32.1. The second-order valence-corrected chi connectivity index (χ2v) is 5.84. The van der Waals surface area contributed by atoms with Gasteiger partial charge in [0.1, 0.15) is 0 Å². The molecule has 0 saturated carbocycles. The maximum absolute atomic E-state index is 12.2. The molecular weight excluding hydrogens is 246 g/mol. The molecule has 0 spiro atoms. The Bertz CT molecular complexity index is 376. The minimum atomic E-state index is 0.213. The van der Waals surface area contributed by atoms with Crippen molar-refractivity contribution in [2.24, 2.45) is 0 Å². The van der Waals surface area contributed by atoms with E-state index in [-0.39, 0.29) is 5.78 Å². The number of rotatable bonds is 8. The van der Waals surface area contributed by atoms with Crippen LogP contribution in [0.25, 0.3) is 0 Å². The van der Waals surface area contributed by atoms with Crippen molar-refractivity contribution in [1.82, 2.24) is 4.90 Å². The lowest BCUT2D eigenvalue weighted by molar-refractivity contribution is 0.0838. The van der Waals surface area contributed by atoms with Gasteiger partial charge in [0.15, 0.2) is 5.78 Å². The molecule has 102 valence electrons. The van der Waals surface area contributed by atoms with Crippen LogP contribution in [0, 0.1) is 6.92 Å². The van der Waals surface area contributed by atoms with Crippen LogP contribution in [0.4, 0.5) is 0 Å². The van der Waals surface area contributed by atoms with E-state index in [4.69, 9.17) is 4.74 Å². The van der Waals surface area contributed by atoms with Gasteiger partial charge in [-0.1, -0.05) is 6.92 Å². The predicted octanol–water partition coefficient (Wildman–Crippen LogP) is 2.99. The smallest absolute Gasteiger partial charge is 0.186 e. The number of nitrogens with zero attached hydrogens (tertiary/aromatic N) is 1. The van der Waals surface area contributed by atoms with E-state index >= 15 is 0 Å². The number of ketones is 1. The average Bonchev–Trinajstić information content (AvgIpc) is 2.80. The fourth-order valence-corrected chi connectivity index (χ4v) is 2.57. The molecule has 4 heteroatoms. The summed E-state index contributed by atoms with van der Waals surface area (Å²) in [5, 5.41) is 0. The van der Waals surface area contributed by atoms with E-state index in [9.17, 15) is 4.79 Å². The third-order valence-electron chi connectivity index (χ3n) is 3.16. The number of carbonyl (C=O) groups excluding carboxylic acids is 1. The van der Waals surface area contributed by atoms with Crippen LogP contribution in [0.15, 0.2) is 12.1 Å². The van der Waals surface area contributed by atoms with Gasteiger partial charge in [-0.05, 0) is 32.4 Å². The summed E-state index contributed by atoms with van der Waals surface area (Å²) in [6.45, 7) is 8.28. The molecule has 18 heavy (non-hydrogen) atoms. The van der Waals surface area contributed by atoms with E-state index in [1.807, 2.05) is 19.1 Å². The minimum absolute atomic E-state index is 0.213. The number of Topliss-reactive ketones (excluding diaryl/α,β-unsaturated/α-hetero) is 1. The van der Waals surface area contributed by atoms with Crippen LogP contribution in [0.1, 0.15) is 34.8 Å². The number of ether oxygens (including phenoxy) is 1. The summed E-state index contributed by atoms with van der Waals surface area (Å²) in [5.74, 6) is 0.213. The third kappa shape index (κ3) is 4.52. The molecule has 1 rings (SSSR count).